The average Bonchev–Trinajstić information content (AvgIpc) is 2.39. The molecule has 6 heteroatoms. The lowest BCUT2D eigenvalue weighted by atomic mass is 10.1. The highest BCUT2D eigenvalue weighted by molar-refractivity contribution is 6.30. The van der Waals surface area contributed by atoms with E-state index in [1.165, 1.54) is 6.07 Å². The van der Waals surface area contributed by atoms with E-state index < -0.39 is 4.92 Å². The molecule has 0 aliphatic heterocycles. The summed E-state index contributed by atoms with van der Waals surface area (Å²) in [6.07, 6.45) is 0. The van der Waals surface area contributed by atoms with Crippen LogP contribution in [0.2, 0.25) is 5.02 Å². The molecule has 2 rings (SSSR count). The second-order valence-corrected chi connectivity index (χ2v) is 4.29. The van der Waals surface area contributed by atoms with Gasteiger partial charge in [-0.2, -0.15) is 0 Å². The molecule has 5 nitrogen and oxygen atoms in total. The summed E-state index contributed by atoms with van der Waals surface area (Å²) in [6, 6.07) is 11.5. The topological polar surface area (TPSA) is 78.4 Å². The first-order chi connectivity index (χ1) is 9.08. The summed E-state index contributed by atoms with van der Waals surface area (Å²) in [7, 11) is 0. The van der Waals surface area contributed by atoms with Gasteiger partial charge in [-0.3, -0.25) is 10.1 Å². The summed E-state index contributed by atoms with van der Waals surface area (Å²) in [4.78, 5) is 10.2. The van der Waals surface area contributed by atoms with Gasteiger partial charge in [0.2, 0.25) is 0 Å². The lowest BCUT2D eigenvalue weighted by molar-refractivity contribution is -0.384. The molecule has 0 fully saturated rings. The van der Waals surface area contributed by atoms with Gasteiger partial charge in [0.1, 0.15) is 18.0 Å². The zero-order valence-electron chi connectivity index (χ0n) is 9.88. The molecule has 0 saturated carbocycles. The number of halogens is 1. The number of para-hydroxylation sites is 1. The number of nitrogen functional groups attached to an aromatic ring is 1. The molecule has 0 bridgehead atoms. The van der Waals surface area contributed by atoms with Crippen LogP contribution in [0.1, 0.15) is 5.56 Å². The van der Waals surface area contributed by atoms with Crippen LogP contribution in [0.4, 0.5) is 11.4 Å². The minimum atomic E-state index is -0.513. The smallest absolute Gasteiger partial charge is 0.292 e. The predicted octanol–water partition coefficient (Wildman–Crippen LogP) is 3.41. The van der Waals surface area contributed by atoms with Gasteiger partial charge in [0.15, 0.2) is 0 Å². The molecule has 0 heterocycles. The lowest BCUT2D eigenvalue weighted by Gasteiger charge is -2.08. The van der Waals surface area contributed by atoms with E-state index >= 15 is 0 Å². The van der Waals surface area contributed by atoms with Crippen molar-refractivity contribution in [2.75, 3.05) is 5.73 Å². The van der Waals surface area contributed by atoms with E-state index in [-0.39, 0.29) is 18.0 Å². The van der Waals surface area contributed by atoms with Crippen molar-refractivity contribution in [1.29, 1.82) is 0 Å². The molecule has 0 unspecified atom stereocenters. The fourth-order valence-electron chi connectivity index (χ4n) is 1.58. The Bertz CT molecular complexity index is 599. The molecule has 0 atom stereocenters. The number of nitro groups is 1. The first kappa shape index (κ1) is 13.2. The predicted molar refractivity (Wildman–Crippen MR) is 73.3 cm³/mol. The first-order valence-corrected chi connectivity index (χ1v) is 5.86. The number of nitrogens with zero attached hydrogens (tertiary/aromatic N) is 1. The Morgan fingerprint density at radius 2 is 1.89 bits per heavy atom. The molecule has 0 spiro atoms. The molecule has 0 aliphatic rings. The maximum atomic E-state index is 10.8. The molecule has 0 aliphatic carbocycles. The SMILES string of the molecule is Nc1c(COc2ccc(Cl)cc2)cccc1[N+](=O)[O-]. The quantitative estimate of drug-likeness (QED) is 0.528. The van der Waals surface area contributed by atoms with Gasteiger partial charge in [-0.1, -0.05) is 23.7 Å². The summed E-state index contributed by atoms with van der Waals surface area (Å²) in [5.74, 6) is 0.621. The third kappa shape index (κ3) is 3.14. The standard InChI is InChI=1S/C13H11ClN2O3/c14-10-4-6-11(7-5-10)19-8-9-2-1-3-12(13(9)15)16(17)18/h1-7H,8,15H2. The number of ether oxygens (including phenoxy) is 1. The Hall–Kier alpha value is -2.27. The monoisotopic (exact) mass is 278 g/mol. The molecule has 19 heavy (non-hydrogen) atoms. The van der Waals surface area contributed by atoms with Crippen LogP contribution in [-0.2, 0) is 6.61 Å². The first-order valence-electron chi connectivity index (χ1n) is 5.48. The minimum Gasteiger partial charge on any atom is -0.489 e. The van der Waals surface area contributed by atoms with Crippen molar-refractivity contribution in [3.63, 3.8) is 0 Å². The lowest BCUT2D eigenvalue weighted by Crippen LogP contribution is -2.03. The number of hydrogen-bond acceptors (Lipinski definition) is 4. The highest BCUT2D eigenvalue weighted by Crippen LogP contribution is 2.26. The van der Waals surface area contributed by atoms with Crippen LogP contribution < -0.4 is 10.5 Å². The van der Waals surface area contributed by atoms with Crippen molar-refractivity contribution < 1.29 is 9.66 Å². The maximum absolute atomic E-state index is 10.8. The van der Waals surface area contributed by atoms with Crippen LogP contribution in [0, 0.1) is 10.1 Å². The number of nitro benzene ring substituents is 1. The normalized spacial score (nSPS) is 10.2. The van der Waals surface area contributed by atoms with E-state index in [2.05, 4.69) is 0 Å². The molecule has 2 aromatic carbocycles. The summed E-state index contributed by atoms with van der Waals surface area (Å²) >= 11 is 5.76. The van der Waals surface area contributed by atoms with Gasteiger partial charge in [-0.15, -0.1) is 0 Å². The van der Waals surface area contributed by atoms with Crippen LogP contribution in [0.3, 0.4) is 0 Å². The largest absolute Gasteiger partial charge is 0.489 e. The number of anilines is 1. The Labute approximate surface area is 114 Å². The van der Waals surface area contributed by atoms with Crippen molar-refractivity contribution >= 4 is 23.0 Å². The fourth-order valence-corrected chi connectivity index (χ4v) is 1.70. The van der Waals surface area contributed by atoms with E-state index in [0.717, 1.165) is 0 Å². The van der Waals surface area contributed by atoms with E-state index in [1.807, 2.05) is 0 Å². The number of hydrogen-bond donors (Lipinski definition) is 1. The molecule has 0 saturated heterocycles. The molecule has 2 N–H and O–H groups in total. The van der Waals surface area contributed by atoms with Crippen molar-refractivity contribution in [3.05, 3.63) is 63.2 Å². The van der Waals surface area contributed by atoms with Gasteiger partial charge in [-0.25, -0.2) is 0 Å². The number of rotatable bonds is 4. The molecule has 98 valence electrons. The average molecular weight is 279 g/mol. The summed E-state index contributed by atoms with van der Waals surface area (Å²) in [5, 5.41) is 11.4. The van der Waals surface area contributed by atoms with E-state index in [0.29, 0.717) is 16.3 Å². The fraction of sp³-hybridized carbons (Fsp3) is 0.0769. The van der Waals surface area contributed by atoms with Gasteiger partial charge in [-0.05, 0) is 24.3 Å². The number of benzene rings is 2. The Morgan fingerprint density at radius 3 is 2.53 bits per heavy atom. The van der Waals surface area contributed by atoms with Gasteiger partial charge in [0.05, 0.1) is 4.92 Å². The van der Waals surface area contributed by atoms with Crippen molar-refractivity contribution in [3.8, 4) is 5.75 Å². The van der Waals surface area contributed by atoms with Crippen molar-refractivity contribution in [1.82, 2.24) is 0 Å². The van der Waals surface area contributed by atoms with Gasteiger partial charge in [0.25, 0.3) is 5.69 Å². The summed E-state index contributed by atoms with van der Waals surface area (Å²) < 4.78 is 5.50. The third-order valence-electron chi connectivity index (χ3n) is 2.58. The zero-order valence-corrected chi connectivity index (χ0v) is 10.6. The van der Waals surface area contributed by atoms with Crippen molar-refractivity contribution in [2.24, 2.45) is 0 Å². The van der Waals surface area contributed by atoms with Crippen LogP contribution in [-0.4, -0.2) is 4.92 Å². The van der Waals surface area contributed by atoms with Gasteiger partial charge < -0.3 is 10.5 Å². The molecular formula is C13H11ClN2O3. The third-order valence-corrected chi connectivity index (χ3v) is 2.83. The minimum absolute atomic E-state index is 0.114. The van der Waals surface area contributed by atoms with Gasteiger partial charge >= 0.3 is 0 Å². The summed E-state index contributed by atoms with van der Waals surface area (Å²) in [5.41, 5.74) is 6.32. The second kappa shape index (κ2) is 5.58. The molecule has 0 aromatic heterocycles. The Morgan fingerprint density at radius 1 is 1.21 bits per heavy atom. The Kier molecular flexibility index (Phi) is 3.87. The summed E-state index contributed by atoms with van der Waals surface area (Å²) in [6.45, 7) is 0.162. The molecule has 0 radical (unpaired) electrons. The van der Waals surface area contributed by atoms with E-state index in [1.54, 1.807) is 36.4 Å². The van der Waals surface area contributed by atoms with Crippen LogP contribution in [0.15, 0.2) is 42.5 Å². The highest BCUT2D eigenvalue weighted by atomic mass is 35.5. The molecule has 2 aromatic rings. The molecular weight excluding hydrogens is 268 g/mol. The van der Waals surface area contributed by atoms with Gasteiger partial charge in [0, 0.05) is 16.7 Å². The highest BCUT2D eigenvalue weighted by Gasteiger charge is 2.14. The number of nitrogens with two attached hydrogens (primary N) is 1. The van der Waals surface area contributed by atoms with E-state index in [9.17, 15) is 10.1 Å². The van der Waals surface area contributed by atoms with Crippen LogP contribution in [0.5, 0.6) is 5.75 Å². The van der Waals surface area contributed by atoms with E-state index in [4.69, 9.17) is 22.1 Å². The molecule has 0 amide bonds. The Balaban J connectivity index is 2.13. The van der Waals surface area contributed by atoms with Crippen LogP contribution in [0.25, 0.3) is 0 Å². The second-order valence-electron chi connectivity index (χ2n) is 3.85. The van der Waals surface area contributed by atoms with Crippen LogP contribution >= 0.6 is 11.6 Å². The van der Waals surface area contributed by atoms with Crippen molar-refractivity contribution in [2.45, 2.75) is 6.61 Å². The zero-order chi connectivity index (χ0) is 13.8. The maximum Gasteiger partial charge on any atom is 0.292 e.